The summed E-state index contributed by atoms with van der Waals surface area (Å²) in [5.74, 6) is -3.01. The Balaban J connectivity index is 1.67. The number of ether oxygens (including phenoxy) is 1. The highest BCUT2D eigenvalue weighted by Crippen LogP contribution is 2.44. The number of amides is 2. The van der Waals surface area contributed by atoms with Gasteiger partial charge in [-0.05, 0) is 22.3 Å². The van der Waals surface area contributed by atoms with E-state index in [2.05, 4.69) is 5.32 Å². The number of carbonyl (C=O) groups is 3. The Bertz CT molecular complexity index is 835. The average molecular weight is 368 g/mol. The molecule has 0 saturated heterocycles. The minimum Gasteiger partial charge on any atom is -0.481 e. The van der Waals surface area contributed by atoms with Gasteiger partial charge in [-0.25, -0.2) is 4.79 Å². The molecule has 0 saturated carbocycles. The van der Waals surface area contributed by atoms with Gasteiger partial charge in [0, 0.05) is 12.5 Å². The lowest BCUT2D eigenvalue weighted by molar-refractivity contribution is -0.151. The zero-order valence-corrected chi connectivity index (χ0v) is 14.6. The second-order valence-electron chi connectivity index (χ2n) is 6.39. The van der Waals surface area contributed by atoms with Crippen molar-refractivity contribution in [3.63, 3.8) is 0 Å². The molecule has 1 atom stereocenters. The van der Waals surface area contributed by atoms with Crippen molar-refractivity contribution >= 4 is 18.0 Å². The second kappa shape index (κ2) is 7.90. The summed E-state index contributed by atoms with van der Waals surface area (Å²) in [6, 6.07) is 15.0. The number of hydrogen-bond acceptors (Lipinski definition) is 4. The Morgan fingerprint density at radius 1 is 1.04 bits per heavy atom. The van der Waals surface area contributed by atoms with Gasteiger partial charge in [0.15, 0.2) is 0 Å². The summed E-state index contributed by atoms with van der Waals surface area (Å²) in [5, 5.41) is 11.4. The van der Waals surface area contributed by atoms with Gasteiger partial charge in [-0.15, -0.1) is 0 Å². The average Bonchev–Trinajstić information content (AvgIpc) is 2.97. The van der Waals surface area contributed by atoms with Gasteiger partial charge in [-0.1, -0.05) is 48.5 Å². The third-order valence-corrected chi connectivity index (χ3v) is 4.66. The van der Waals surface area contributed by atoms with E-state index < -0.39 is 23.9 Å². The molecule has 0 fully saturated rings. The van der Waals surface area contributed by atoms with E-state index in [-0.39, 0.29) is 25.5 Å². The smallest absolute Gasteiger partial charge is 0.312 e. The van der Waals surface area contributed by atoms with Crippen molar-refractivity contribution in [1.29, 1.82) is 0 Å². The largest absolute Gasteiger partial charge is 0.481 e. The summed E-state index contributed by atoms with van der Waals surface area (Å²) in [5.41, 5.74) is 9.33. The van der Waals surface area contributed by atoms with Gasteiger partial charge in [-0.2, -0.15) is 0 Å². The maximum atomic E-state index is 12.2. The number of fused-ring (bicyclic) bond motifs is 3. The van der Waals surface area contributed by atoms with Gasteiger partial charge >= 0.3 is 18.0 Å². The van der Waals surface area contributed by atoms with Crippen LogP contribution < -0.4 is 11.1 Å². The lowest BCUT2D eigenvalue weighted by Gasteiger charge is -2.16. The molecule has 1 aliphatic carbocycles. The third-order valence-electron chi connectivity index (χ3n) is 4.66. The summed E-state index contributed by atoms with van der Waals surface area (Å²) < 4.78 is 5.38. The molecule has 27 heavy (non-hydrogen) atoms. The van der Waals surface area contributed by atoms with E-state index in [4.69, 9.17) is 10.5 Å². The van der Waals surface area contributed by atoms with Gasteiger partial charge in [0.2, 0.25) is 0 Å². The summed E-state index contributed by atoms with van der Waals surface area (Å²) in [4.78, 5) is 34.1. The SMILES string of the molecule is NC(=O)NC[C@H](CC(=O)OCC1c2ccccc2-c2ccccc21)C(=O)O. The molecule has 0 aliphatic heterocycles. The van der Waals surface area contributed by atoms with Crippen LogP contribution in [0.2, 0.25) is 0 Å². The van der Waals surface area contributed by atoms with Crippen molar-refractivity contribution < 1.29 is 24.2 Å². The summed E-state index contributed by atoms with van der Waals surface area (Å²) in [7, 11) is 0. The number of hydrogen-bond donors (Lipinski definition) is 3. The van der Waals surface area contributed by atoms with Gasteiger partial charge in [0.05, 0.1) is 12.3 Å². The van der Waals surface area contributed by atoms with Gasteiger partial charge in [0.1, 0.15) is 6.61 Å². The number of carboxylic acid groups (broad SMARTS) is 1. The Labute approximate surface area is 156 Å². The molecular weight excluding hydrogens is 348 g/mol. The highest BCUT2D eigenvalue weighted by Gasteiger charge is 2.30. The summed E-state index contributed by atoms with van der Waals surface area (Å²) in [6.07, 6.45) is -0.342. The molecule has 1 aliphatic rings. The van der Waals surface area contributed by atoms with Crippen LogP contribution in [-0.2, 0) is 14.3 Å². The molecule has 7 nitrogen and oxygen atoms in total. The molecule has 0 radical (unpaired) electrons. The number of primary amides is 1. The predicted molar refractivity (Wildman–Crippen MR) is 98.0 cm³/mol. The number of benzene rings is 2. The van der Waals surface area contributed by atoms with Gasteiger partial charge in [0.25, 0.3) is 0 Å². The zero-order chi connectivity index (χ0) is 19.4. The highest BCUT2D eigenvalue weighted by atomic mass is 16.5. The number of esters is 1. The fourth-order valence-electron chi connectivity index (χ4n) is 3.35. The van der Waals surface area contributed by atoms with E-state index in [0.717, 1.165) is 22.3 Å². The molecule has 3 rings (SSSR count). The van der Waals surface area contributed by atoms with Crippen molar-refractivity contribution in [3.8, 4) is 11.1 Å². The molecule has 140 valence electrons. The lowest BCUT2D eigenvalue weighted by atomic mass is 9.98. The standard InChI is InChI=1S/C20H20N2O5/c21-20(26)22-10-12(19(24)25)9-18(23)27-11-17-15-7-3-1-5-13(15)14-6-2-4-8-16(14)17/h1-8,12,17H,9-11H2,(H,24,25)(H3,21,22,26)/t12-/m0/s1. The molecule has 2 amide bonds. The molecule has 0 unspecified atom stereocenters. The van der Waals surface area contributed by atoms with E-state index in [1.165, 1.54) is 0 Å². The summed E-state index contributed by atoms with van der Waals surface area (Å²) in [6.45, 7) is -0.0999. The van der Waals surface area contributed by atoms with Crippen LogP contribution in [-0.4, -0.2) is 36.2 Å². The molecule has 7 heteroatoms. The minimum absolute atomic E-state index is 0.0895. The van der Waals surface area contributed by atoms with Crippen molar-refractivity contribution in [3.05, 3.63) is 59.7 Å². The van der Waals surface area contributed by atoms with Gasteiger partial charge < -0.3 is 20.9 Å². The molecule has 2 aromatic rings. The number of carbonyl (C=O) groups excluding carboxylic acids is 2. The van der Waals surface area contributed by atoms with Crippen LogP contribution in [0, 0.1) is 5.92 Å². The Morgan fingerprint density at radius 2 is 1.59 bits per heavy atom. The normalized spacial score (nSPS) is 13.3. The van der Waals surface area contributed by atoms with Crippen LogP contribution in [0.3, 0.4) is 0 Å². The first kappa shape index (κ1) is 18.4. The number of urea groups is 1. The zero-order valence-electron chi connectivity index (χ0n) is 14.6. The van der Waals surface area contributed by atoms with E-state index >= 15 is 0 Å². The fraction of sp³-hybridized carbons (Fsp3) is 0.250. The van der Waals surface area contributed by atoms with Gasteiger partial charge in [-0.3, -0.25) is 9.59 Å². The Kier molecular flexibility index (Phi) is 5.40. The monoisotopic (exact) mass is 368 g/mol. The molecule has 0 bridgehead atoms. The molecule has 0 aromatic heterocycles. The van der Waals surface area contributed by atoms with Crippen LogP contribution in [0.15, 0.2) is 48.5 Å². The maximum absolute atomic E-state index is 12.2. The van der Waals surface area contributed by atoms with Crippen LogP contribution >= 0.6 is 0 Å². The van der Waals surface area contributed by atoms with E-state index in [9.17, 15) is 19.5 Å². The third kappa shape index (κ3) is 4.08. The van der Waals surface area contributed by atoms with Crippen LogP contribution in [0.25, 0.3) is 11.1 Å². The van der Waals surface area contributed by atoms with Crippen LogP contribution in [0.1, 0.15) is 23.5 Å². The fourth-order valence-corrected chi connectivity index (χ4v) is 3.35. The molecule has 4 N–H and O–H groups in total. The Hall–Kier alpha value is -3.35. The quantitative estimate of drug-likeness (QED) is 0.647. The first-order valence-corrected chi connectivity index (χ1v) is 8.57. The minimum atomic E-state index is -1.20. The second-order valence-corrected chi connectivity index (χ2v) is 6.39. The summed E-state index contributed by atoms with van der Waals surface area (Å²) >= 11 is 0. The number of carboxylic acids is 1. The molecular formula is C20H20N2O5. The van der Waals surface area contributed by atoms with E-state index in [1.807, 2.05) is 48.5 Å². The first-order chi connectivity index (χ1) is 13.0. The molecule has 2 aromatic carbocycles. The topological polar surface area (TPSA) is 119 Å². The van der Waals surface area contributed by atoms with Crippen LogP contribution in [0.4, 0.5) is 4.79 Å². The van der Waals surface area contributed by atoms with E-state index in [1.54, 1.807) is 0 Å². The predicted octanol–water partition coefficient (Wildman–Crippen LogP) is 2.10. The maximum Gasteiger partial charge on any atom is 0.312 e. The first-order valence-electron chi connectivity index (χ1n) is 8.57. The molecule has 0 heterocycles. The van der Waals surface area contributed by atoms with Crippen molar-refractivity contribution in [1.82, 2.24) is 5.32 Å². The van der Waals surface area contributed by atoms with Crippen molar-refractivity contribution in [2.75, 3.05) is 13.2 Å². The number of rotatable bonds is 7. The number of nitrogens with one attached hydrogen (secondary N) is 1. The van der Waals surface area contributed by atoms with E-state index in [0.29, 0.717) is 0 Å². The van der Waals surface area contributed by atoms with Crippen molar-refractivity contribution in [2.45, 2.75) is 12.3 Å². The van der Waals surface area contributed by atoms with Crippen LogP contribution in [0.5, 0.6) is 0 Å². The van der Waals surface area contributed by atoms with Crippen molar-refractivity contribution in [2.24, 2.45) is 11.7 Å². The number of aliphatic carboxylic acids is 1. The number of nitrogens with two attached hydrogens (primary N) is 1. The lowest BCUT2D eigenvalue weighted by Crippen LogP contribution is -2.37. The highest BCUT2D eigenvalue weighted by molar-refractivity contribution is 5.81. The molecule has 0 spiro atoms. The Morgan fingerprint density at radius 3 is 2.11 bits per heavy atom.